The summed E-state index contributed by atoms with van der Waals surface area (Å²) in [5.74, 6) is 0.0946. The van der Waals surface area contributed by atoms with Crippen molar-refractivity contribution in [2.75, 3.05) is 0 Å². The van der Waals surface area contributed by atoms with Gasteiger partial charge in [-0.25, -0.2) is 9.78 Å². The molecule has 76 valence electrons. The molecule has 1 rings (SSSR count). The molecular weight excluding hydrogens is 188 g/mol. The summed E-state index contributed by atoms with van der Waals surface area (Å²) in [6, 6.07) is 2.88. The quantitative estimate of drug-likeness (QED) is 0.608. The van der Waals surface area contributed by atoms with Crippen LogP contribution in [0.5, 0.6) is 5.75 Å². The molecule has 1 heterocycles. The summed E-state index contributed by atoms with van der Waals surface area (Å²) in [6.45, 7) is -0.639. The number of hydrogen-bond donors (Lipinski definition) is 3. The zero-order chi connectivity index (χ0) is 10.6. The normalized spacial score (nSPS) is 9.86. The van der Waals surface area contributed by atoms with Crippen molar-refractivity contribution in [2.45, 2.75) is 13.2 Å². The zero-order valence-electron chi connectivity index (χ0n) is 7.30. The number of primary amides is 1. The molecule has 0 atom stereocenters. The first kappa shape index (κ1) is 10.4. The highest BCUT2D eigenvalue weighted by Gasteiger charge is 2.08. The molecule has 1 amide bonds. The lowest BCUT2D eigenvalue weighted by Gasteiger charge is -2.06. The molecule has 0 saturated heterocycles. The van der Waals surface area contributed by atoms with Crippen LogP contribution in [0.3, 0.4) is 0 Å². The average Bonchev–Trinajstić information content (AvgIpc) is 2.17. The van der Waals surface area contributed by atoms with Crippen LogP contribution in [0.4, 0.5) is 4.79 Å². The van der Waals surface area contributed by atoms with Crippen LogP contribution in [-0.4, -0.2) is 21.3 Å². The number of nitrogens with two attached hydrogens (primary N) is 1. The van der Waals surface area contributed by atoms with Crippen molar-refractivity contribution in [1.29, 1.82) is 0 Å². The molecule has 1 aromatic heterocycles. The van der Waals surface area contributed by atoms with Crippen LogP contribution in [0.1, 0.15) is 11.4 Å². The van der Waals surface area contributed by atoms with Crippen LogP contribution in [0.25, 0.3) is 0 Å². The fourth-order valence-electron chi connectivity index (χ4n) is 0.936. The van der Waals surface area contributed by atoms with Gasteiger partial charge >= 0.3 is 6.09 Å². The lowest BCUT2D eigenvalue weighted by atomic mass is 10.3. The second-order valence-corrected chi connectivity index (χ2v) is 2.48. The molecule has 0 aromatic carbocycles. The fraction of sp³-hybridized carbons (Fsp3) is 0.250. The van der Waals surface area contributed by atoms with E-state index >= 15 is 0 Å². The molecule has 0 saturated carbocycles. The number of rotatable bonds is 3. The van der Waals surface area contributed by atoms with E-state index in [1.165, 1.54) is 12.1 Å². The summed E-state index contributed by atoms with van der Waals surface area (Å²) < 4.78 is 4.57. The van der Waals surface area contributed by atoms with E-state index in [-0.39, 0.29) is 18.1 Å². The van der Waals surface area contributed by atoms with Crippen molar-refractivity contribution in [2.24, 2.45) is 5.73 Å². The molecule has 0 aliphatic carbocycles. The fourth-order valence-corrected chi connectivity index (χ4v) is 0.936. The Morgan fingerprint density at radius 2 is 2.14 bits per heavy atom. The van der Waals surface area contributed by atoms with Gasteiger partial charge in [0.15, 0.2) is 5.75 Å². The Morgan fingerprint density at radius 3 is 2.64 bits per heavy atom. The van der Waals surface area contributed by atoms with Gasteiger partial charge in [-0.3, -0.25) is 0 Å². The highest BCUT2D eigenvalue weighted by Crippen LogP contribution is 2.16. The Morgan fingerprint density at radius 1 is 1.43 bits per heavy atom. The highest BCUT2D eigenvalue weighted by molar-refractivity contribution is 5.68. The molecule has 0 spiro atoms. The van der Waals surface area contributed by atoms with Gasteiger partial charge in [-0.1, -0.05) is 0 Å². The number of ether oxygens (including phenoxy) is 1. The van der Waals surface area contributed by atoms with Gasteiger partial charge in [0, 0.05) is 0 Å². The van der Waals surface area contributed by atoms with E-state index in [0.717, 1.165) is 0 Å². The minimum atomic E-state index is -0.974. The second kappa shape index (κ2) is 4.54. The highest BCUT2D eigenvalue weighted by atomic mass is 16.5. The smallest absolute Gasteiger partial charge is 0.408 e. The standard InChI is InChI=1S/C8H10N2O4/c9-8(13)14-7-2-1-5(3-11)10-6(7)4-12/h1-2,11-12H,3-4H2,(H2,9,13). The molecule has 0 aliphatic rings. The Balaban J connectivity index is 2.98. The number of nitrogens with zero attached hydrogens (tertiary/aromatic N) is 1. The van der Waals surface area contributed by atoms with E-state index in [1.807, 2.05) is 0 Å². The summed E-state index contributed by atoms with van der Waals surface area (Å²) >= 11 is 0. The number of aliphatic hydroxyl groups is 2. The third-order valence-corrected chi connectivity index (χ3v) is 1.51. The van der Waals surface area contributed by atoms with Crippen LogP contribution >= 0.6 is 0 Å². The van der Waals surface area contributed by atoms with E-state index < -0.39 is 12.7 Å². The molecule has 0 bridgehead atoms. The van der Waals surface area contributed by atoms with Crippen molar-refractivity contribution in [3.63, 3.8) is 0 Å². The molecule has 14 heavy (non-hydrogen) atoms. The zero-order valence-corrected chi connectivity index (χ0v) is 7.30. The Hall–Kier alpha value is -1.66. The predicted molar refractivity (Wildman–Crippen MR) is 46.3 cm³/mol. The van der Waals surface area contributed by atoms with Gasteiger partial charge in [0.2, 0.25) is 0 Å². The van der Waals surface area contributed by atoms with E-state index in [0.29, 0.717) is 5.69 Å². The molecule has 6 heteroatoms. The maximum atomic E-state index is 10.4. The summed E-state index contributed by atoms with van der Waals surface area (Å²) in [5.41, 5.74) is 5.34. The molecule has 4 N–H and O–H groups in total. The molecular formula is C8H10N2O4. The number of aromatic nitrogens is 1. The van der Waals surface area contributed by atoms with E-state index in [1.54, 1.807) is 0 Å². The van der Waals surface area contributed by atoms with Gasteiger partial charge in [-0.15, -0.1) is 0 Å². The van der Waals surface area contributed by atoms with Gasteiger partial charge in [-0.2, -0.15) is 0 Å². The van der Waals surface area contributed by atoms with Gasteiger partial charge in [0.25, 0.3) is 0 Å². The SMILES string of the molecule is NC(=O)Oc1ccc(CO)nc1CO. The lowest BCUT2D eigenvalue weighted by Crippen LogP contribution is -2.17. The Bertz CT molecular complexity index is 340. The molecule has 1 aromatic rings. The van der Waals surface area contributed by atoms with Crippen LogP contribution in [-0.2, 0) is 13.2 Å². The van der Waals surface area contributed by atoms with Crippen molar-refractivity contribution < 1.29 is 19.7 Å². The summed E-state index contributed by atoms with van der Waals surface area (Å²) in [5, 5.41) is 17.6. The van der Waals surface area contributed by atoms with E-state index in [4.69, 9.17) is 15.9 Å². The molecule has 0 radical (unpaired) electrons. The van der Waals surface area contributed by atoms with Crippen LogP contribution in [0.2, 0.25) is 0 Å². The summed E-state index contributed by atoms with van der Waals surface area (Å²) in [6.07, 6.45) is -0.974. The molecule has 0 fully saturated rings. The third kappa shape index (κ3) is 2.41. The number of carbonyl (C=O) groups is 1. The predicted octanol–water partition coefficient (Wildman–Crippen LogP) is -0.476. The van der Waals surface area contributed by atoms with Gasteiger partial charge < -0.3 is 20.7 Å². The minimum Gasteiger partial charge on any atom is -0.408 e. The number of aliphatic hydroxyl groups excluding tert-OH is 2. The van der Waals surface area contributed by atoms with Crippen LogP contribution in [0, 0.1) is 0 Å². The van der Waals surface area contributed by atoms with Gasteiger partial charge in [0.1, 0.15) is 5.69 Å². The first-order chi connectivity index (χ1) is 6.67. The van der Waals surface area contributed by atoms with E-state index in [2.05, 4.69) is 9.72 Å². The average molecular weight is 198 g/mol. The molecule has 0 aliphatic heterocycles. The molecule has 6 nitrogen and oxygen atoms in total. The first-order valence-corrected chi connectivity index (χ1v) is 3.85. The molecule has 0 unspecified atom stereocenters. The van der Waals surface area contributed by atoms with Gasteiger partial charge in [-0.05, 0) is 12.1 Å². The van der Waals surface area contributed by atoms with Crippen molar-refractivity contribution in [1.82, 2.24) is 4.98 Å². The summed E-state index contributed by atoms with van der Waals surface area (Å²) in [4.78, 5) is 14.3. The second-order valence-electron chi connectivity index (χ2n) is 2.48. The Kier molecular flexibility index (Phi) is 3.38. The third-order valence-electron chi connectivity index (χ3n) is 1.51. The maximum absolute atomic E-state index is 10.4. The first-order valence-electron chi connectivity index (χ1n) is 3.85. The van der Waals surface area contributed by atoms with E-state index in [9.17, 15) is 4.79 Å². The number of hydrogen-bond acceptors (Lipinski definition) is 5. The number of carbonyl (C=O) groups excluding carboxylic acids is 1. The number of amides is 1. The minimum absolute atomic E-state index is 0.0946. The summed E-state index contributed by atoms with van der Waals surface area (Å²) in [7, 11) is 0. The largest absolute Gasteiger partial charge is 0.410 e. The topological polar surface area (TPSA) is 106 Å². The Labute approximate surface area is 79.9 Å². The monoisotopic (exact) mass is 198 g/mol. The van der Waals surface area contributed by atoms with Crippen LogP contribution < -0.4 is 10.5 Å². The van der Waals surface area contributed by atoms with Crippen molar-refractivity contribution >= 4 is 6.09 Å². The number of pyridine rings is 1. The van der Waals surface area contributed by atoms with Crippen molar-refractivity contribution in [3.8, 4) is 5.75 Å². The maximum Gasteiger partial charge on any atom is 0.410 e. The van der Waals surface area contributed by atoms with Crippen molar-refractivity contribution in [3.05, 3.63) is 23.5 Å². The van der Waals surface area contributed by atoms with Crippen LogP contribution in [0.15, 0.2) is 12.1 Å². The lowest BCUT2D eigenvalue weighted by molar-refractivity contribution is 0.207. The van der Waals surface area contributed by atoms with Gasteiger partial charge in [0.05, 0.1) is 18.9 Å².